The lowest BCUT2D eigenvalue weighted by Gasteiger charge is -2.07. The van der Waals surface area contributed by atoms with E-state index in [0.29, 0.717) is 16.2 Å². The number of carboxylic acids is 1. The molecule has 0 fully saturated rings. The van der Waals surface area contributed by atoms with Gasteiger partial charge in [-0.3, -0.25) is 4.57 Å². The first-order valence-corrected chi connectivity index (χ1v) is 7.08. The summed E-state index contributed by atoms with van der Waals surface area (Å²) in [6.07, 6.45) is 0. The molecule has 0 saturated heterocycles. The van der Waals surface area contributed by atoms with Gasteiger partial charge in [-0.2, -0.15) is 0 Å². The molecule has 0 aliphatic carbocycles. The fourth-order valence-corrected chi connectivity index (χ4v) is 2.76. The molecule has 106 valence electrons. The molecule has 0 aliphatic heterocycles. The molecule has 2 N–H and O–H groups in total. The summed E-state index contributed by atoms with van der Waals surface area (Å²) in [6, 6.07) is 9.80. The van der Waals surface area contributed by atoms with Gasteiger partial charge in [0.05, 0.1) is 27.3 Å². The van der Waals surface area contributed by atoms with Crippen LogP contribution >= 0.6 is 27.5 Å². The van der Waals surface area contributed by atoms with Crippen molar-refractivity contribution in [2.45, 2.75) is 0 Å². The predicted octanol–water partition coefficient (Wildman–Crippen LogP) is 3.43. The highest BCUT2D eigenvalue weighted by atomic mass is 79.9. The summed E-state index contributed by atoms with van der Waals surface area (Å²) in [4.78, 5) is 26.0. The average molecular weight is 368 g/mol. The Morgan fingerprint density at radius 3 is 2.76 bits per heavy atom. The number of nitrogens with one attached hydrogen (secondary N) is 1. The van der Waals surface area contributed by atoms with Crippen LogP contribution in [0.2, 0.25) is 5.02 Å². The number of nitrogens with zero attached hydrogens (tertiary/aromatic N) is 1. The number of hydrogen-bond donors (Lipinski definition) is 2. The number of imidazole rings is 1. The summed E-state index contributed by atoms with van der Waals surface area (Å²) < 4.78 is 2.12. The third-order valence-electron chi connectivity index (χ3n) is 3.10. The van der Waals surface area contributed by atoms with E-state index in [0.717, 1.165) is 4.47 Å². The van der Waals surface area contributed by atoms with E-state index in [9.17, 15) is 14.7 Å². The normalized spacial score (nSPS) is 11.0. The molecule has 1 aromatic heterocycles. The lowest BCUT2D eigenvalue weighted by atomic mass is 10.2. The number of para-hydroxylation sites is 1. The molecular formula is C14H8BrClN2O3. The van der Waals surface area contributed by atoms with E-state index in [1.807, 2.05) is 0 Å². The SMILES string of the molecule is O=C(O)c1cccc2c1[nH]c(=O)n2-c1cc(Br)ccc1Cl. The number of rotatable bonds is 2. The number of H-pyrrole nitrogens is 1. The van der Waals surface area contributed by atoms with Gasteiger partial charge in [0.2, 0.25) is 0 Å². The zero-order chi connectivity index (χ0) is 15.1. The number of aromatic carboxylic acids is 1. The van der Waals surface area contributed by atoms with Crippen molar-refractivity contribution in [3.63, 3.8) is 0 Å². The van der Waals surface area contributed by atoms with Crippen molar-refractivity contribution in [2.75, 3.05) is 0 Å². The fraction of sp³-hybridized carbons (Fsp3) is 0. The van der Waals surface area contributed by atoms with Gasteiger partial charge in [0.25, 0.3) is 0 Å². The first kappa shape index (κ1) is 13.9. The molecule has 3 aromatic rings. The van der Waals surface area contributed by atoms with Crippen LogP contribution in [-0.4, -0.2) is 20.6 Å². The molecule has 0 bridgehead atoms. The van der Waals surface area contributed by atoms with E-state index in [4.69, 9.17) is 11.6 Å². The van der Waals surface area contributed by atoms with Crippen molar-refractivity contribution in [3.8, 4) is 5.69 Å². The monoisotopic (exact) mass is 366 g/mol. The molecule has 0 amide bonds. The molecular weight excluding hydrogens is 360 g/mol. The molecule has 0 unspecified atom stereocenters. The van der Waals surface area contributed by atoms with Crippen molar-refractivity contribution >= 4 is 44.5 Å². The van der Waals surface area contributed by atoms with Gasteiger partial charge in [0.15, 0.2) is 0 Å². The predicted molar refractivity (Wildman–Crippen MR) is 83.6 cm³/mol. The maximum absolute atomic E-state index is 12.2. The summed E-state index contributed by atoms with van der Waals surface area (Å²) in [5.74, 6) is -1.10. The molecule has 0 aliphatic rings. The van der Waals surface area contributed by atoms with Crippen molar-refractivity contribution in [1.82, 2.24) is 9.55 Å². The second-order valence-corrected chi connectivity index (χ2v) is 5.69. The third kappa shape index (κ3) is 2.26. The lowest BCUT2D eigenvalue weighted by Crippen LogP contribution is -2.14. The fourth-order valence-electron chi connectivity index (χ4n) is 2.20. The van der Waals surface area contributed by atoms with Crippen LogP contribution in [0.5, 0.6) is 0 Å². The Morgan fingerprint density at radius 2 is 2.05 bits per heavy atom. The van der Waals surface area contributed by atoms with Crippen LogP contribution in [0.4, 0.5) is 0 Å². The Bertz CT molecular complexity index is 930. The van der Waals surface area contributed by atoms with Gasteiger partial charge in [-0.1, -0.05) is 33.6 Å². The Balaban J connectivity index is 2.42. The van der Waals surface area contributed by atoms with Gasteiger partial charge < -0.3 is 10.1 Å². The highest BCUT2D eigenvalue weighted by Gasteiger charge is 2.16. The van der Waals surface area contributed by atoms with E-state index in [-0.39, 0.29) is 11.1 Å². The Kier molecular flexibility index (Phi) is 3.35. The summed E-state index contributed by atoms with van der Waals surface area (Å²) in [5.41, 5.74) is 0.795. The zero-order valence-electron chi connectivity index (χ0n) is 10.4. The van der Waals surface area contributed by atoms with Crippen LogP contribution in [0, 0.1) is 0 Å². The minimum absolute atomic E-state index is 0.0365. The lowest BCUT2D eigenvalue weighted by molar-refractivity contribution is 0.0699. The maximum Gasteiger partial charge on any atom is 0.337 e. The first-order valence-electron chi connectivity index (χ1n) is 5.91. The van der Waals surface area contributed by atoms with Crippen LogP contribution in [0.3, 0.4) is 0 Å². The largest absolute Gasteiger partial charge is 0.478 e. The summed E-state index contributed by atoms with van der Waals surface area (Å²) >= 11 is 9.48. The molecule has 0 radical (unpaired) electrons. The van der Waals surface area contributed by atoms with Gasteiger partial charge in [-0.15, -0.1) is 0 Å². The molecule has 2 aromatic carbocycles. The molecule has 0 saturated carbocycles. The number of halogens is 2. The minimum Gasteiger partial charge on any atom is -0.478 e. The van der Waals surface area contributed by atoms with E-state index in [1.165, 1.54) is 10.6 Å². The number of fused-ring (bicyclic) bond motifs is 1. The minimum atomic E-state index is -1.10. The van der Waals surface area contributed by atoms with E-state index in [1.54, 1.807) is 30.3 Å². The average Bonchev–Trinajstić information content (AvgIpc) is 2.77. The Morgan fingerprint density at radius 1 is 1.29 bits per heavy atom. The molecule has 3 rings (SSSR count). The number of carbonyl (C=O) groups is 1. The topological polar surface area (TPSA) is 75.1 Å². The second kappa shape index (κ2) is 5.05. The molecule has 21 heavy (non-hydrogen) atoms. The quantitative estimate of drug-likeness (QED) is 0.728. The van der Waals surface area contributed by atoms with E-state index in [2.05, 4.69) is 20.9 Å². The Hall–Kier alpha value is -2.05. The molecule has 0 atom stereocenters. The van der Waals surface area contributed by atoms with Crippen LogP contribution < -0.4 is 5.69 Å². The van der Waals surface area contributed by atoms with Crippen molar-refractivity contribution in [1.29, 1.82) is 0 Å². The van der Waals surface area contributed by atoms with Gasteiger partial charge in [0, 0.05) is 4.47 Å². The van der Waals surface area contributed by atoms with Crippen LogP contribution in [0.15, 0.2) is 45.7 Å². The van der Waals surface area contributed by atoms with Crippen LogP contribution in [-0.2, 0) is 0 Å². The molecule has 5 nitrogen and oxygen atoms in total. The third-order valence-corrected chi connectivity index (χ3v) is 3.91. The van der Waals surface area contributed by atoms with Gasteiger partial charge in [0.1, 0.15) is 0 Å². The molecule has 0 spiro atoms. The summed E-state index contributed by atoms with van der Waals surface area (Å²) in [6.45, 7) is 0. The van der Waals surface area contributed by atoms with Gasteiger partial charge in [-0.25, -0.2) is 9.59 Å². The van der Waals surface area contributed by atoms with Crippen LogP contribution in [0.25, 0.3) is 16.7 Å². The number of aromatic nitrogens is 2. The van der Waals surface area contributed by atoms with Gasteiger partial charge >= 0.3 is 11.7 Å². The molecule has 7 heteroatoms. The second-order valence-electron chi connectivity index (χ2n) is 4.37. The standard InChI is InChI=1S/C14H8BrClN2O3/c15-7-4-5-9(16)11(6-7)18-10-3-1-2-8(13(19)20)12(10)17-14(18)21/h1-6H,(H,17,21)(H,19,20). The van der Waals surface area contributed by atoms with Gasteiger partial charge in [-0.05, 0) is 30.3 Å². The number of hydrogen-bond acceptors (Lipinski definition) is 2. The van der Waals surface area contributed by atoms with E-state index < -0.39 is 11.7 Å². The number of carboxylic acid groups (broad SMARTS) is 1. The highest BCUT2D eigenvalue weighted by molar-refractivity contribution is 9.10. The zero-order valence-corrected chi connectivity index (χ0v) is 12.8. The highest BCUT2D eigenvalue weighted by Crippen LogP contribution is 2.27. The first-order chi connectivity index (χ1) is 9.99. The summed E-state index contributed by atoms with van der Waals surface area (Å²) in [5, 5.41) is 9.58. The van der Waals surface area contributed by atoms with Crippen molar-refractivity contribution in [2.24, 2.45) is 0 Å². The summed E-state index contributed by atoms with van der Waals surface area (Å²) in [7, 11) is 0. The maximum atomic E-state index is 12.2. The molecule has 1 heterocycles. The van der Waals surface area contributed by atoms with Crippen molar-refractivity contribution in [3.05, 3.63) is 61.9 Å². The number of aromatic amines is 1. The van der Waals surface area contributed by atoms with Crippen LogP contribution in [0.1, 0.15) is 10.4 Å². The van der Waals surface area contributed by atoms with Crippen molar-refractivity contribution < 1.29 is 9.90 Å². The Labute approximate surface area is 131 Å². The smallest absolute Gasteiger partial charge is 0.337 e. The van der Waals surface area contributed by atoms with E-state index >= 15 is 0 Å². The number of benzene rings is 2.